The van der Waals surface area contributed by atoms with Crippen molar-refractivity contribution in [2.75, 3.05) is 5.75 Å². The summed E-state index contributed by atoms with van der Waals surface area (Å²) in [6.45, 7) is 0. The number of carbonyl (C=O) groups excluding carboxylic acids is 1. The number of ether oxygens (including phenoxy) is 1. The Morgan fingerprint density at radius 1 is 0.808 bits per heavy atom. The van der Waals surface area contributed by atoms with Crippen LogP contribution in [0.4, 0.5) is 57.1 Å². The van der Waals surface area contributed by atoms with Gasteiger partial charge in [0.05, 0.1) is 5.75 Å². The van der Waals surface area contributed by atoms with Crippen LogP contribution in [-0.2, 0) is 9.53 Å². The van der Waals surface area contributed by atoms with Crippen LogP contribution in [0.25, 0.3) is 0 Å². The van der Waals surface area contributed by atoms with Gasteiger partial charge in [-0.05, 0) is 0 Å². The zero-order chi connectivity index (χ0) is 21.3. The average molecular weight is 438 g/mol. The topological polar surface area (TPSA) is 26.3 Å². The molecule has 16 heteroatoms. The fraction of sp³-hybridized carbons (Fsp3) is 0.900. The van der Waals surface area contributed by atoms with Crippen LogP contribution in [0.5, 0.6) is 0 Å². The van der Waals surface area contributed by atoms with Crippen LogP contribution >= 0.6 is 12.6 Å². The minimum Gasteiger partial charge on any atom is -0.423 e. The quantitative estimate of drug-likeness (QED) is 0.331. The predicted octanol–water partition coefficient (Wildman–Crippen LogP) is 4.24. The summed E-state index contributed by atoms with van der Waals surface area (Å²) in [5.41, 5.74) is 0. The molecule has 0 saturated heterocycles. The lowest BCUT2D eigenvalue weighted by Gasteiger charge is -2.38. The molecule has 0 aromatic heterocycles. The van der Waals surface area contributed by atoms with E-state index in [1.807, 2.05) is 0 Å². The molecule has 0 aliphatic carbocycles. The maximum Gasteiger partial charge on any atom is 0.385 e. The Morgan fingerprint density at radius 3 is 1.54 bits per heavy atom. The van der Waals surface area contributed by atoms with E-state index in [4.69, 9.17) is 0 Å². The van der Waals surface area contributed by atoms with E-state index in [1.54, 1.807) is 0 Å². The lowest BCUT2D eigenvalue weighted by Crippen LogP contribution is -2.68. The molecule has 0 aliphatic rings. The van der Waals surface area contributed by atoms with Crippen LogP contribution in [0.2, 0.25) is 0 Å². The highest BCUT2D eigenvalue weighted by atomic mass is 32.1. The standard InChI is InChI=1S/C10H7F13O2S/c11-3(5(13)14)4(12)7(16,17)9(20,21)10(22,23)8(18,19)6(15)25-2(24)1-26/h3-6,26H,1H2. The Morgan fingerprint density at radius 2 is 1.19 bits per heavy atom. The van der Waals surface area contributed by atoms with Crippen LogP contribution in [0.3, 0.4) is 0 Å². The maximum absolute atomic E-state index is 13.2. The van der Waals surface area contributed by atoms with E-state index in [-0.39, 0.29) is 0 Å². The Labute approximate surface area is 141 Å². The van der Waals surface area contributed by atoms with Gasteiger partial charge in [-0.25, -0.2) is 17.6 Å². The Kier molecular flexibility index (Phi) is 7.55. The maximum atomic E-state index is 13.2. The van der Waals surface area contributed by atoms with Crippen LogP contribution in [-0.4, -0.2) is 60.5 Å². The summed E-state index contributed by atoms with van der Waals surface area (Å²) in [6, 6.07) is 0. The number of alkyl halides is 13. The second-order valence-corrected chi connectivity index (χ2v) is 4.86. The fourth-order valence-corrected chi connectivity index (χ4v) is 1.36. The molecular formula is C10H7F13O2S. The van der Waals surface area contributed by atoms with Gasteiger partial charge in [0.25, 0.3) is 6.43 Å². The second-order valence-electron chi connectivity index (χ2n) is 4.54. The molecule has 0 rings (SSSR count). The summed E-state index contributed by atoms with van der Waals surface area (Å²) in [7, 11) is 0. The Bertz CT molecular complexity index is 497. The summed E-state index contributed by atoms with van der Waals surface area (Å²) < 4.78 is 170. The first-order chi connectivity index (χ1) is 11.4. The number of halogens is 13. The van der Waals surface area contributed by atoms with Gasteiger partial charge < -0.3 is 4.74 Å². The molecule has 0 amide bonds. The van der Waals surface area contributed by atoms with Crippen molar-refractivity contribution in [2.24, 2.45) is 0 Å². The largest absolute Gasteiger partial charge is 0.423 e. The number of hydrogen-bond acceptors (Lipinski definition) is 3. The number of rotatable bonds is 9. The summed E-state index contributed by atoms with van der Waals surface area (Å²) in [4.78, 5) is 10.5. The van der Waals surface area contributed by atoms with Gasteiger partial charge in [0, 0.05) is 0 Å². The van der Waals surface area contributed by atoms with E-state index >= 15 is 0 Å². The third kappa shape index (κ3) is 4.08. The lowest BCUT2D eigenvalue weighted by molar-refractivity contribution is -0.399. The van der Waals surface area contributed by atoms with E-state index in [2.05, 4.69) is 17.4 Å². The second kappa shape index (κ2) is 7.88. The van der Waals surface area contributed by atoms with Crippen molar-refractivity contribution in [3.63, 3.8) is 0 Å². The van der Waals surface area contributed by atoms with Gasteiger partial charge >= 0.3 is 36.0 Å². The third-order valence-electron chi connectivity index (χ3n) is 2.75. The van der Waals surface area contributed by atoms with Crippen molar-refractivity contribution in [3.8, 4) is 0 Å². The third-order valence-corrected chi connectivity index (χ3v) is 3.01. The van der Waals surface area contributed by atoms with E-state index < -0.39 is 60.5 Å². The molecule has 0 heterocycles. The summed E-state index contributed by atoms with van der Waals surface area (Å²) in [6.07, 6.45) is -19.8. The lowest BCUT2D eigenvalue weighted by atomic mass is 9.93. The first-order valence-corrected chi connectivity index (χ1v) is 6.54. The van der Waals surface area contributed by atoms with Crippen LogP contribution < -0.4 is 0 Å². The van der Waals surface area contributed by atoms with E-state index in [9.17, 15) is 61.9 Å². The summed E-state index contributed by atoms with van der Waals surface area (Å²) in [5, 5.41) is 0. The van der Waals surface area contributed by atoms with Crippen molar-refractivity contribution in [1.29, 1.82) is 0 Å². The van der Waals surface area contributed by atoms with E-state index in [1.165, 1.54) is 0 Å². The fourth-order valence-electron chi connectivity index (χ4n) is 1.29. The van der Waals surface area contributed by atoms with E-state index in [0.29, 0.717) is 0 Å². The summed E-state index contributed by atoms with van der Waals surface area (Å²) in [5.74, 6) is -32.4. The molecule has 156 valence electrons. The van der Waals surface area contributed by atoms with Crippen LogP contribution in [0.1, 0.15) is 0 Å². The number of hydrogen-bond donors (Lipinski definition) is 1. The molecule has 26 heavy (non-hydrogen) atoms. The van der Waals surface area contributed by atoms with Crippen molar-refractivity contribution >= 4 is 18.6 Å². The minimum atomic E-state index is -7.58. The monoisotopic (exact) mass is 438 g/mol. The average Bonchev–Trinajstić information content (AvgIpc) is 2.51. The number of esters is 1. The smallest absolute Gasteiger partial charge is 0.385 e. The van der Waals surface area contributed by atoms with Gasteiger partial charge in [0.15, 0.2) is 6.17 Å². The zero-order valence-corrected chi connectivity index (χ0v) is 12.6. The van der Waals surface area contributed by atoms with Gasteiger partial charge in [0.1, 0.15) is 0 Å². The highest BCUT2D eigenvalue weighted by molar-refractivity contribution is 7.81. The first-order valence-electron chi connectivity index (χ1n) is 5.91. The normalized spacial score (nSPS) is 17.8. The van der Waals surface area contributed by atoms with Crippen molar-refractivity contribution in [1.82, 2.24) is 0 Å². The van der Waals surface area contributed by atoms with Gasteiger partial charge in [0.2, 0.25) is 6.17 Å². The van der Waals surface area contributed by atoms with Gasteiger partial charge in [-0.2, -0.15) is 52.1 Å². The SMILES string of the molecule is O=C(CS)OC(F)C(F)(F)C(F)(F)C(F)(F)C(F)(F)C(F)C(F)C(F)F. The summed E-state index contributed by atoms with van der Waals surface area (Å²) >= 11 is 3.03. The van der Waals surface area contributed by atoms with Gasteiger partial charge in [-0.3, -0.25) is 4.79 Å². The van der Waals surface area contributed by atoms with Crippen LogP contribution in [0.15, 0.2) is 0 Å². The van der Waals surface area contributed by atoms with Gasteiger partial charge in [-0.1, -0.05) is 0 Å². The molecule has 0 aliphatic heterocycles. The minimum absolute atomic E-state index is 1.22. The molecule has 3 atom stereocenters. The molecule has 3 unspecified atom stereocenters. The van der Waals surface area contributed by atoms with Crippen molar-refractivity contribution < 1.29 is 66.6 Å². The molecule has 0 fully saturated rings. The predicted molar refractivity (Wildman–Crippen MR) is 60.4 cm³/mol. The molecule has 0 aromatic carbocycles. The van der Waals surface area contributed by atoms with Crippen LogP contribution in [0, 0.1) is 0 Å². The molecule has 0 radical (unpaired) electrons. The Balaban J connectivity index is 5.94. The molecule has 0 aromatic rings. The molecule has 0 N–H and O–H groups in total. The highest BCUT2D eigenvalue weighted by Crippen LogP contribution is 2.56. The first kappa shape index (κ1) is 24.9. The Hall–Kier alpha value is -1.09. The van der Waals surface area contributed by atoms with Crippen molar-refractivity contribution in [3.05, 3.63) is 0 Å². The van der Waals surface area contributed by atoms with E-state index in [0.717, 1.165) is 0 Å². The van der Waals surface area contributed by atoms with Gasteiger partial charge in [-0.15, -0.1) is 0 Å². The zero-order valence-electron chi connectivity index (χ0n) is 11.7. The number of carbonyl (C=O) groups is 1. The number of thiol groups is 1. The molecule has 2 nitrogen and oxygen atoms in total. The molecule has 0 bridgehead atoms. The molecule has 0 spiro atoms. The molecule has 0 saturated carbocycles. The van der Waals surface area contributed by atoms with Crippen molar-refractivity contribution in [2.45, 2.75) is 48.8 Å². The molecular weight excluding hydrogens is 431 g/mol. The highest BCUT2D eigenvalue weighted by Gasteiger charge is 2.85.